The zero-order valence-electron chi connectivity index (χ0n) is 9.17. The van der Waals surface area contributed by atoms with Crippen LogP contribution in [0.25, 0.3) is 0 Å². The fraction of sp³-hybridized carbons (Fsp3) is 0.667. The summed E-state index contributed by atoms with van der Waals surface area (Å²) in [4.78, 5) is 22.9. The predicted molar refractivity (Wildman–Crippen MR) is 54.5 cm³/mol. The Bertz CT molecular complexity index is 300. The van der Waals surface area contributed by atoms with Crippen molar-refractivity contribution in [2.45, 2.75) is 25.5 Å². The standard InChI is InChI=1S/C9H15N3O4/c1-6(3-4-10)12(2)9(16)11-5-7(13)8(14)15/h6-7,13H,3,5H2,1-2H3,(H,11,16)(H,14,15)/t6?,7-/m0/s1. The van der Waals surface area contributed by atoms with Crippen molar-refractivity contribution in [3.8, 4) is 6.07 Å². The Morgan fingerprint density at radius 2 is 2.12 bits per heavy atom. The molecule has 7 nitrogen and oxygen atoms in total. The number of nitrogens with zero attached hydrogens (tertiary/aromatic N) is 2. The first-order valence-corrected chi connectivity index (χ1v) is 4.68. The molecule has 0 fully saturated rings. The van der Waals surface area contributed by atoms with Gasteiger partial charge in [-0.25, -0.2) is 9.59 Å². The number of hydrogen-bond donors (Lipinski definition) is 3. The Balaban J connectivity index is 4.07. The summed E-state index contributed by atoms with van der Waals surface area (Å²) in [5.74, 6) is -1.40. The maximum Gasteiger partial charge on any atom is 0.334 e. The van der Waals surface area contributed by atoms with Gasteiger partial charge in [-0.2, -0.15) is 5.26 Å². The van der Waals surface area contributed by atoms with Crippen LogP contribution in [-0.2, 0) is 4.79 Å². The third kappa shape index (κ3) is 4.61. The first-order valence-electron chi connectivity index (χ1n) is 4.68. The zero-order chi connectivity index (χ0) is 12.7. The van der Waals surface area contributed by atoms with Crippen LogP contribution in [0.4, 0.5) is 4.79 Å². The molecule has 0 aromatic rings. The van der Waals surface area contributed by atoms with Crippen LogP contribution >= 0.6 is 0 Å². The largest absolute Gasteiger partial charge is 0.479 e. The smallest absolute Gasteiger partial charge is 0.334 e. The molecule has 0 bridgehead atoms. The minimum atomic E-state index is -1.62. The van der Waals surface area contributed by atoms with E-state index in [-0.39, 0.29) is 19.0 Å². The van der Waals surface area contributed by atoms with E-state index in [2.05, 4.69) is 5.32 Å². The van der Waals surface area contributed by atoms with Gasteiger partial charge >= 0.3 is 12.0 Å². The Morgan fingerprint density at radius 1 is 1.56 bits per heavy atom. The van der Waals surface area contributed by atoms with Crippen LogP contribution in [0.5, 0.6) is 0 Å². The third-order valence-corrected chi connectivity index (χ3v) is 2.10. The van der Waals surface area contributed by atoms with E-state index in [1.165, 1.54) is 11.9 Å². The molecule has 1 unspecified atom stereocenters. The highest BCUT2D eigenvalue weighted by molar-refractivity contribution is 5.76. The van der Waals surface area contributed by atoms with E-state index in [9.17, 15) is 9.59 Å². The zero-order valence-corrected chi connectivity index (χ0v) is 9.17. The molecule has 0 aliphatic carbocycles. The molecule has 16 heavy (non-hydrogen) atoms. The van der Waals surface area contributed by atoms with Crippen molar-refractivity contribution >= 4 is 12.0 Å². The van der Waals surface area contributed by atoms with Gasteiger partial charge in [-0.1, -0.05) is 0 Å². The molecule has 0 aliphatic heterocycles. The van der Waals surface area contributed by atoms with Crippen molar-refractivity contribution in [1.82, 2.24) is 10.2 Å². The summed E-state index contributed by atoms with van der Waals surface area (Å²) >= 11 is 0. The lowest BCUT2D eigenvalue weighted by Crippen LogP contribution is -2.45. The molecule has 2 amide bonds. The van der Waals surface area contributed by atoms with Crippen molar-refractivity contribution in [3.63, 3.8) is 0 Å². The van der Waals surface area contributed by atoms with E-state index < -0.39 is 18.1 Å². The van der Waals surface area contributed by atoms with Crippen LogP contribution in [-0.4, -0.2) is 52.9 Å². The molecule has 7 heteroatoms. The molecular formula is C9H15N3O4. The molecule has 0 spiro atoms. The quantitative estimate of drug-likeness (QED) is 0.581. The average molecular weight is 229 g/mol. The first kappa shape index (κ1) is 14.2. The maximum absolute atomic E-state index is 11.4. The van der Waals surface area contributed by atoms with Gasteiger partial charge in [0.15, 0.2) is 6.10 Å². The van der Waals surface area contributed by atoms with Crippen molar-refractivity contribution in [2.24, 2.45) is 0 Å². The summed E-state index contributed by atoms with van der Waals surface area (Å²) in [7, 11) is 1.49. The topological polar surface area (TPSA) is 114 Å². The predicted octanol–water partition coefficient (Wildman–Crippen LogP) is -0.625. The number of aliphatic hydroxyl groups excluding tert-OH is 1. The van der Waals surface area contributed by atoms with E-state index in [1.54, 1.807) is 6.92 Å². The molecule has 90 valence electrons. The van der Waals surface area contributed by atoms with E-state index in [1.807, 2.05) is 6.07 Å². The lowest BCUT2D eigenvalue weighted by molar-refractivity contribution is -0.146. The van der Waals surface area contributed by atoms with Crippen LogP contribution in [0, 0.1) is 11.3 Å². The summed E-state index contributed by atoms with van der Waals surface area (Å²) in [5, 5.41) is 28.0. The number of carbonyl (C=O) groups excluding carboxylic acids is 1. The van der Waals surface area contributed by atoms with Crippen LogP contribution < -0.4 is 5.32 Å². The molecule has 0 heterocycles. The second-order valence-electron chi connectivity index (χ2n) is 3.36. The molecule has 0 radical (unpaired) electrons. The van der Waals surface area contributed by atoms with Crippen LogP contribution in [0.15, 0.2) is 0 Å². The van der Waals surface area contributed by atoms with Crippen molar-refractivity contribution < 1.29 is 19.8 Å². The van der Waals surface area contributed by atoms with Gasteiger partial charge < -0.3 is 20.4 Å². The molecule has 0 aromatic heterocycles. The van der Waals surface area contributed by atoms with Gasteiger partial charge in [-0.05, 0) is 6.92 Å². The highest BCUT2D eigenvalue weighted by atomic mass is 16.4. The van der Waals surface area contributed by atoms with Gasteiger partial charge in [0.05, 0.1) is 19.0 Å². The van der Waals surface area contributed by atoms with Gasteiger partial charge in [0, 0.05) is 13.1 Å². The van der Waals surface area contributed by atoms with Crippen LogP contribution in [0.3, 0.4) is 0 Å². The number of carboxylic acids is 1. The van der Waals surface area contributed by atoms with E-state index in [0.717, 1.165) is 0 Å². The minimum Gasteiger partial charge on any atom is -0.479 e. The van der Waals surface area contributed by atoms with Gasteiger partial charge in [-0.15, -0.1) is 0 Å². The van der Waals surface area contributed by atoms with E-state index in [4.69, 9.17) is 15.5 Å². The molecule has 3 N–H and O–H groups in total. The highest BCUT2D eigenvalue weighted by Crippen LogP contribution is 1.99. The second kappa shape index (κ2) is 6.63. The number of nitriles is 1. The third-order valence-electron chi connectivity index (χ3n) is 2.10. The number of nitrogens with one attached hydrogen (secondary N) is 1. The minimum absolute atomic E-state index is 0.186. The number of urea groups is 1. The maximum atomic E-state index is 11.4. The molecular weight excluding hydrogens is 214 g/mol. The summed E-state index contributed by atoms with van der Waals surface area (Å²) in [6.07, 6.45) is -1.44. The number of hydrogen-bond acceptors (Lipinski definition) is 4. The number of carbonyl (C=O) groups is 2. The lowest BCUT2D eigenvalue weighted by atomic mass is 10.2. The van der Waals surface area contributed by atoms with Crippen LogP contribution in [0.1, 0.15) is 13.3 Å². The lowest BCUT2D eigenvalue weighted by Gasteiger charge is -2.23. The summed E-state index contributed by atoms with van der Waals surface area (Å²) in [5.41, 5.74) is 0. The van der Waals surface area contributed by atoms with Gasteiger partial charge in [-0.3, -0.25) is 0 Å². The van der Waals surface area contributed by atoms with Crippen molar-refractivity contribution in [1.29, 1.82) is 5.26 Å². The van der Waals surface area contributed by atoms with Crippen molar-refractivity contribution in [3.05, 3.63) is 0 Å². The van der Waals surface area contributed by atoms with Gasteiger partial charge in [0.2, 0.25) is 0 Å². The Kier molecular flexibility index (Phi) is 5.88. The number of rotatable bonds is 5. The fourth-order valence-corrected chi connectivity index (χ4v) is 0.865. The Labute approximate surface area is 93.3 Å². The molecule has 0 rings (SSSR count). The van der Waals surface area contributed by atoms with Gasteiger partial charge in [0.25, 0.3) is 0 Å². The average Bonchev–Trinajstić information content (AvgIpc) is 2.24. The van der Waals surface area contributed by atoms with Crippen LogP contribution in [0.2, 0.25) is 0 Å². The normalized spacial score (nSPS) is 13.4. The fourth-order valence-electron chi connectivity index (χ4n) is 0.865. The van der Waals surface area contributed by atoms with E-state index in [0.29, 0.717) is 0 Å². The summed E-state index contributed by atoms with van der Waals surface area (Å²) in [6, 6.07) is 1.12. The Hall–Kier alpha value is -1.81. The molecule has 0 saturated carbocycles. The molecule has 0 saturated heterocycles. The molecule has 2 atom stereocenters. The monoisotopic (exact) mass is 229 g/mol. The molecule has 0 aliphatic rings. The number of amides is 2. The van der Waals surface area contributed by atoms with Gasteiger partial charge in [0.1, 0.15) is 0 Å². The van der Waals surface area contributed by atoms with Crippen molar-refractivity contribution in [2.75, 3.05) is 13.6 Å². The first-order chi connectivity index (χ1) is 7.40. The number of carboxylic acid groups (broad SMARTS) is 1. The highest BCUT2D eigenvalue weighted by Gasteiger charge is 2.18. The summed E-state index contributed by atoms with van der Waals surface area (Å²) in [6.45, 7) is 1.33. The summed E-state index contributed by atoms with van der Waals surface area (Å²) < 4.78 is 0. The molecule has 0 aromatic carbocycles. The number of aliphatic carboxylic acids is 1. The number of aliphatic hydroxyl groups is 1. The van der Waals surface area contributed by atoms with E-state index >= 15 is 0 Å². The Morgan fingerprint density at radius 3 is 2.56 bits per heavy atom. The second-order valence-corrected chi connectivity index (χ2v) is 3.36. The SMILES string of the molecule is CC(CC#N)N(C)C(=O)NC[C@H](O)C(=O)O.